The largest absolute Gasteiger partial charge is 0.462 e. The molecule has 218 valence electrons. The lowest BCUT2D eigenvalue weighted by Crippen LogP contribution is -2.62. The minimum absolute atomic E-state index is 0.0302. The van der Waals surface area contributed by atoms with E-state index in [2.05, 4.69) is 10.6 Å². The van der Waals surface area contributed by atoms with Crippen LogP contribution in [0.3, 0.4) is 0 Å². The van der Waals surface area contributed by atoms with Gasteiger partial charge < -0.3 is 20.1 Å². The fraction of sp³-hybridized carbons (Fsp3) is 0.559. The minimum atomic E-state index is -0.590. The van der Waals surface area contributed by atoms with E-state index in [4.69, 9.17) is 9.47 Å². The number of esters is 2. The third-order valence-corrected chi connectivity index (χ3v) is 9.82. The predicted molar refractivity (Wildman–Crippen MR) is 155 cm³/mol. The van der Waals surface area contributed by atoms with Crippen molar-refractivity contribution in [2.75, 3.05) is 6.61 Å². The molecule has 7 rings (SSSR count). The molecule has 2 aromatic carbocycles. The summed E-state index contributed by atoms with van der Waals surface area (Å²) in [5.41, 5.74) is 2.09. The van der Waals surface area contributed by atoms with Crippen LogP contribution in [0.5, 0.6) is 0 Å². The molecule has 5 saturated carbocycles. The highest BCUT2D eigenvalue weighted by atomic mass is 16.5. The number of nitrogens with one attached hydrogen (secondary N) is 2. The Bertz CT molecular complexity index is 1210. The van der Waals surface area contributed by atoms with Crippen molar-refractivity contribution in [2.45, 2.75) is 88.8 Å². The summed E-state index contributed by atoms with van der Waals surface area (Å²) >= 11 is 0. The first-order valence-electron chi connectivity index (χ1n) is 15.5. The van der Waals surface area contributed by atoms with E-state index >= 15 is 0 Å². The highest BCUT2D eigenvalue weighted by molar-refractivity contribution is 5.89. The molecule has 2 aromatic rings. The lowest BCUT2D eigenvalue weighted by molar-refractivity contribution is -0.154. The van der Waals surface area contributed by atoms with Gasteiger partial charge in [0.05, 0.1) is 18.1 Å². The van der Waals surface area contributed by atoms with Gasteiger partial charge in [-0.15, -0.1) is 0 Å². The minimum Gasteiger partial charge on any atom is -0.462 e. The second-order valence-corrected chi connectivity index (χ2v) is 12.9. The van der Waals surface area contributed by atoms with Gasteiger partial charge in [0.25, 0.3) is 0 Å². The van der Waals surface area contributed by atoms with Crippen LogP contribution < -0.4 is 10.6 Å². The number of ether oxygens (including phenoxy) is 2. The van der Waals surface area contributed by atoms with Crippen LogP contribution in [0, 0.1) is 23.7 Å². The van der Waals surface area contributed by atoms with Gasteiger partial charge >= 0.3 is 18.0 Å². The molecule has 2 N–H and O–H groups in total. The number of benzene rings is 2. The van der Waals surface area contributed by atoms with E-state index in [0.29, 0.717) is 18.6 Å². The number of carbonyl (C=O) groups excluding carboxylic acids is 3. The second kappa shape index (κ2) is 11.9. The van der Waals surface area contributed by atoms with Crippen LogP contribution in [0.25, 0.3) is 0 Å². The normalized spacial score (nSPS) is 30.7. The fourth-order valence-corrected chi connectivity index (χ4v) is 8.44. The van der Waals surface area contributed by atoms with Crippen LogP contribution in [-0.4, -0.2) is 36.2 Å². The first-order valence-corrected chi connectivity index (χ1v) is 15.5. The van der Waals surface area contributed by atoms with Gasteiger partial charge in [0.2, 0.25) is 0 Å². The van der Waals surface area contributed by atoms with Crippen molar-refractivity contribution in [3.8, 4) is 0 Å². The van der Waals surface area contributed by atoms with Crippen molar-refractivity contribution in [1.29, 1.82) is 0 Å². The smallest absolute Gasteiger partial charge is 0.338 e. The predicted octanol–water partition coefficient (Wildman–Crippen LogP) is 6.32. The van der Waals surface area contributed by atoms with Gasteiger partial charge in [-0.2, -0.15) is 0 Å². The SMILES string of the molecule is CCOC(=O)c1ccc(C(OC(=O)[C@@H]2CCC[C@@H](NC(=O)NC34CC5CC(CC(C5)C3)C4)C2)c2ccccc2)cc1. The molecule has 3 atom stereocenters. The molecule has 0 spiro atoms. The zero-order chi connectivity index (χ0) is 28.4. The van der Waals surface area contributed by atoms with Crippen molar-refractivity contribution >= 4 is 18.0 Å². The lowest BCUT2D eigenvalue weighted by atomic mass is 9.53. The molecule has 0 radical (unpaired) electrons. The number of carbonyl (C=O) groups is 3. The van der Waals surface area contributed by atoms with E-state index in [0.717, 1.165) is 67.4 Å². The molecule has 0 aliphatic heterocycles. The monoisotopic (exact) mass is 558 g/mol. The van der Waals surface area contributed by atoms with Gasteiger partial charge in [-0.1, -0.05) is 48.9 Å². The number of hydrogen-bond donors (Lipinski definition) is 2. The summed E-state index contributed by atoms with van der Waals surface area (Å²) in [7, 11) is 0. The highest BCUT2D eigenvalue weighted by Gasteiger charge is 2.51. The van der Waals surface area contributed by atoms with Crippen LogP contribution in [0.15, 0.2) is 54.6 Å². The summed E-state index contributed by atoms with van der Waals surface area (Å²) in [5.74, 6) is 1.41. The summed E-state index contributed by atoms with van der Waals surface area (Å²) in [6.07, 6.45) is 9.86. The van der Waals surface area contributed by atoms with E-state index < -0.39 is 6.10 Å². The zero-order valence-electron chi connectivity index (χ0n) is 24.0. The number of rotatable bonds is 8. The van der Waals surface area contributed by atoms with Crippen molar-refractivity contribution in [3.05, 3.63) is 71.3 Å². The van der Waals surface area contributed by atoms with Crippen LogP contribution in [0.2, 0.25) is 0 Å². The molecule has 5 fully saturated rings. The molecule has 2 amide bonds. The van der Waals surface area contributed by atoms with Crippen LogP contribution >= 0.6 is 0 Å². The van der Waals surface area contributed by atoms with Crippen LogP contribution in [0.4, 0.5) is 4.79 Å². The first kappa shape index (κ1) is 27.8. The Labute approximate surface area is 242 Å². The van der Waals surface area contributed by atoms with E-state index in [1.807, 2.05) is 42.5 Å². The second-order valence-electron chi connectivity index (χ2n) is 12.9. The molecule has 5 aliphatic carbocycles. The van der Waals surface area contributed by atoms with Crippen molar-refractivity contribution in [3.63, 3.8) is 0 Å². The maximum Gasteiger partial charge on any atom is 0.338 e. The summed E-state index contributed by atoms with van der Waals surface area (Å²) in [6, 6.07) is 16.6. The molecule has 7 nitrogen and oxygen atoms in total. The van der Waals surface area contributed by atoms with Gasteiger partial charge in [0, 0.05) is 11.6 Å². The van der Waals surface area contributed by atoms with Gasteiger partial charge in [0.15, 0.2) is 6.10 Å². The van der Waals surface area contributed by atoms with Crippen molar-refractivity contribution in [2.24, 2.45) is 23.7 Å². The summed E-state index contributed by atoms with van der Waals surface area (Å²) in [4.78, 5) is 38.8. The van der Waals surface area contributed by atoms with Crippen LogP contribution in [-0.2, 0) is 14.3 Å². The Morgan fingerprint density at radius 3 is 2.12 bits per heavy atom. The maximum atomic E-state index is 13.5. The van der Waals surface area contributed by atoms with E-state index in [1.165, 1.54) is 19.3 Å². The van der Waals surface area contributed by atoms with Gasteiger partial charge in [0.1, 0.15) is 0 Å². The molecule has 0 heterocycles. The van der Waals surface area contributed by atoms with Crippen molar-refractivity contribution < 1.29 is 23.9 Å². The number of urea groups is 1. The molecular formula is C34H42N2O5. The Balaban J connectivity index is 1.09. The molecule has 0 saturated heterocycles. The quantitative estimate of drug-likeness (QED) is 0.370. The van der Waals surface area contributed by atoms with Gasteiger partial charge in [-0.25, -0.2) is 9.59 Å². The zero-order valence-corrected chi connectivity index (χ0v) is 24.0. The van der Waals surface area contributed by atoms with Crippen LogP contribution in [0.1, 0.15) is 98.7 Å². The third-order valence-electron chi connectivity index (χ3n) is 9.82. The summed E-state index contributed by atoms with van der Waals surface area (Å²) in [5, 5.41) is 6.63. The average molecular weight is 559 g/mol. The summed E-state index contributed by atoms with van der Waals surface area (Å²) < 4.78 is 11.3. The van der Waals surface area contributed by atoms with Crippen molar-refractivity contribution in [1.82, 2.24) is 10.6 Å². The standard InChI is InChI=1S/C34H42N2O5/c1-2-40-31(37)27-13-11-26(12-14-27)30(25-7-4-3-5-8-25)41-32(38)28-9-6-10-29(18-28)35-33(39)36-34-19-22-15-23(20-34)17-24(16-22)21-34/h3-5,7-8,11-14,22-24,28-30H,2,6,9-10,15-21H2,1H3,(H2,35,36,39)/t22?,23?,24?,28-,29-,30?,34?/m1/s1. The molecule has 41 heavy (non-hydrogen) atoms. The van der Waals surface area contributed by atoms with E-state index in [9.17, 15) is 14.4 Å². The molecule has 1 unspecified atom stereocenters. The molecular weight excluding hydrogens is 516 g/mol. The average Bonchev–Trinajstić information content (AvgIpc) is 2.95. The highest BCUT2D eigenvalue weighted by Crippen LogP contribution is 2.55. The molecule has 5 aliphatic rings. The third kappa shape index (κ3) is 6.29. The maximum absolute atomic E-state index is 13.5. The Kier molecular flexibility index (Phi) is 8.05. The van der Waals surface area contributed by atoms with Gasteiger partial charge in [-0.3, -0.25) is 4.79 Å². The van der Waals surface area contributed by atoms with E-state index in [1.54, 1.807) is 19.1 Å². The molecule has 4 bridgehead atoms. The Morgan fingerprint density at radius 2 is 1.49 bits per heavy atom. The Hall–Kier alpha value is -3.35. The fourth-order valence-electron chi connectivity index (χ4n) is 8.44. The number of amides is 2. The molecule has 7 heteroatoms. The lowest BCUT2D eigenvalue weighted by Gasteiger charge is -2.56. The first-order chi connectivity index (χ1) is 19.9. The number of hydrogen-bond acceptors (Lipinski definition) is 5. The topological polar surface area (TPSA) is 93.7 Å². The summed E-state index contributed by atoms with van der Waals surface area (Å²) in [6.45, 7) is 2.09. The van der Waals surface area contributed by atoms with E-state index in [-0.39, 0.29) is 35.5 Å². The Morgan fingerprint density at radius 1 is 0.854 bits per heavy atom. The molecule has 0 aromatic heterocycles. The van der Waals surface area contributed by atoms with Gasteiger partial charge in [-0.05, 0) is 106 Å².